The van der Waals surface area contributed by atoms with Gasteiger partial charge >= 0.3 is 0 Å². The summed E-state index contributed by atoms with van der Waals surface area (Å²) in [6, 6.07) is 15.0. The first-order valence-electron chi connectivity index (χ1n) is 9.92. The van der Waals surface area contributed by atoms with Crippen molar-refractivity contribution in [3.63, 3.8) is 0 Å². The minimum absolute atomic E-state index is 0.00889. The van der Waals surface area contributed by atoms with Crippen molar-refractivity contribution in [3.05, 3.63) is 69.5 Å². The zero-order valence-corrected chi connectivity index (χ0v) is 19.2. The SMILES string of the molecule is CC(C)Cn1c(S[C@H](C)C(=O)N(C)Cc2ccccc2)nc2ccc(Cl)cc2c1=O. The van der Waals surface area contributed by atoms with E-state index in [1.54, 1.807) is 34.7 Å². The number of rotatable bonds is 7. The molecule has 30 heavy (non-hydrogen) atoms. The van der Waals surface area contributed by atoms with E-state index in [1.807, 2.05) is 51.1 Å². The fourth-order valence-corrected chi connectivity index (χ4v) is 4.45. The smallest absolute Gasteiger partial charge is 0.262 e. The van der Waals surface area contributed by atoms with Crippen molar-refractivity contribution >= 4 is 40.2 Å². The van der Waals surface area contributed by atoms with Crippen LogP contribution >= 0.6 is 23.4 Å². The van der Waals surface area contributed by atoms with Crippen LogP contribution in [0.5, 0.6) is 0 Å². The standard InChI is InChI=1S/C23H26ClN3O2S/c1-15(2)13-27-22(29)19-12-18(24)10-11-20(19)25-23(27)30-16(3)21(28)26(4)14-17-8-6-5-7-9-17/h5-12,15-16H,13-14H2,1-4H3/t16-/m1/s1. The molecule has 3 rings (SSSR count). The van der Waals surface area contributed by atoms with Crippen LogP contribution in [0.1, 0.15) is 26.3 Å². The van der Waals surface area contributed by atoms with Gasteiger partial charge in [0, 0.05) is 25.2 Å². The number of fused-ring (bicyclic) bond motifs is 1. The first-order valence-corrected chi connectivity index (χ1v) is 11.2. The summed E-state index contributed by atoms with van der Waals surface area (Å²) >= 11 is 7.40. The van der Waals surface area contributed by atoms with E-state index in [0.29, 0.717) is 34.2 Å². The summed E-state index contributed by atoms with van der Waals surface area (Å²) < 4.78 is 1.66. The lowest BCUT2D eigenvalue weighted by Gasteiger charge is -2.22. The van der Waals surface area contributed by atoms with Crippen LogP contribution in [0.15, 0.2) is 58.5 Å². The van der Waals surface area contributed by atoms with E-state index in [9.17, 15) is 9.59 Å². The fourth-order valence-electron chi connectivity index (χ4n) is 3.24. The Morgan fingerprint density at radius 1 is 1.17 bits per heavy atom. The van der Waals surface area contributed by atoms with Crippen LogP contribution in [0, 0.1) is 5.92 Å². The van der Waals surface area contributed by atoms with Gasteiger partial charge in [0.05, 0.1) is 16.2 Å². The maximum atomic E-state index is 13.1. The summed E-state index contributed by atoms with van der Waals surface area (Å²) in [4.78, 5) is 32.5. The highest BCUT2D eigenvalue weighted by Crippen LogP contribution is 2.25. The molecule has 0 aliphatic rings. The molecule has 1 heterocycles. The first-order chi connectivity index (χ1) is 14.3. The first kappa shape index (κ1) is 22.4. The van der Waals surface area contributed by atoms with Crippen LogP contribution in [0.3, 0.4) is 0 Å². The lowest BCUT2D eigenvalue weighted by Crippen LogP contribution is -2.33. The molecule has 0 saturated carbocycles. The molecule has 7 heteroatoms. The van der Waals surface area contributed by atoms with E-state index < -0.39 is 0 Å². The molecule has 1 amide bonds. The van der Waals surface area contributed by atoms with Gasteiger partial charge in [0.25, 0.3) is 5.56 Å². The summed E-state index contributed by atoms with van der Waals surface area (Å²) in [5, 5.41) is 1.17. The summed E-state index contributed by atoms with van der Waals surface area (Å²) in [6.45, 7) is 7.01. The van der Waals surface area contributed by atoms with Crippen LogP contribution < -0.4 is 5.56 Å². The van der Waals surface area contributed by atoms with Crippen molar-refractivity contribution in [2.24, 2.45) is 5.92 Å². The lowest BCUT2D eigenvalue weighted by molar-refractivity contribution is -0.129. The van der Waals surface area contributed by atoms with Gasteiger partial charge < -0.3 is 4.90 Å². The Morgan fingerprint density at radius 2 is 1.87 bits per heavy atom. The molecule has 3 aromatic rings. The molecule has 0 N–H and O–H groups in total. The van der Waals surface area contributed by atoms with E-state index >= 15 is 0 Å². The van der Waals surface area contributed by atoms with Crippen LogP contribution in [-0.2, 0) is 17.9 Å². The third kappa shape index (κ3) is 5.24. The number of hydrogen-bond donors (Lipinski definition) is 0. The van der Waals surface area contributed by atoms with Crippen molar-refractivity contribution in [2.75, 3.05) is 7.05 Å². The van der Waals surface area contributed by atoms with Crippen LogP contribution in [0.25, 0.3) is 10.9 Å². The highest BCUT2D eigenvalue weighted by molar-refractivity contribution is 8.00. The zero-order valence-electron chi connectivity index (χ0n) is 17.6. The Morgan fingerprint density at radius 3 is 2.53 bits per heavy atom. The van der Waals surface area contributed by atoms with E-state index in [2.05, 4.69) is 0 Å². The number of carbonyl (C=O) groups is 1. The number of benzene rings is 2. The molecular formula is C23H26ClN3O2S. The number of halogens is 1. The fraction of sp³-hybridized carbons (Fsp3) is 0.348. The molecule has 0 bridgehead atoms. The summed E-state index contributed by atoms with van der Waals surface area (Å²) in [5.74, 6) is 0.248. The second kappa shape index (κ2) is 9.67. The maximum Gasteiger partial charge on any atom is 0.262 e. The van der Waals surface area contributed by atoms with Gasteiger partial charge in [-0.2, -0.15) is 0 Å². The molecule has 0 saturated heterocycles. The monoisotopic (exact) mass is 443 g/mol. The van der Waals surface area contributed by atoms with Crippen molar-refractivity contribution in [1.82, 2.24) is 14.5 Å². The van der Waals surface area contributed by atoms with Gasteiger partial charge in [0.1, 0.15) is 0 Å². The molecule has 1 atom stereocenters. The van der Waals surface area contributed by atoms with Crippen LogP contribution in [0.2, 0.25) is 5.02 Å². The number of amides is 1. The predicted octanol–water partition coefficient (Wildman–Crippen LogP) is 4.85. The predicted molar refractivity (Wildman–Crippen MR) is 124 cm³/mol. The average molecular weight is 444 g/mol. The largest absolute Gasteiger partial charge is 0.340 e. The van der Waals surface area contributed by atoms with Crippen molar-refractivity contribution < 1.29 is 4.79 Å². The number of carbonyl (C=O) groups excluding carboxylic acids is 1. The number of hydrogen-bond acceptors (Lipinski definition) is 4. The average Bonchev–Trinajstić information content (AvgIpc) is 2.71. The second-order valence-electron chi connectivity index (χ2n) is 7.81. The van der Waals surface area contributed by atoms with Crippen molar-refractivity contribution in [3.8, 4) is 0 Å². The van der Waals surface area contributed by atoms with Gasteiger partial charge in [-0.25, -0.2) is 4.98 Å². The van der Waals surface area contributed by atoms with E-state index in [1.165, 1.54) is 11.8 Å². The van der Waals surface area contributed by atoms with Crippen LogP contribution in [-0.4, -0.2) is 32.7 Å². The molecule has 0 fully saturated rings. The van der Waals surface area contributed by atoms with Gasteiger partial charge in [0.15, 0.2) is 5.16 Å². The molecule has 0 radical (unpaired) electrons. The van der Waals surface area contributed by atoms with Crippen molar-refractivity contribution in [2.45, 2.75) is 44.3 Å². The van der Waals surface area contributed by atoms with Crippen LogP contribution in [0.4, 0.5) is 0 Å². The quantitative estimate of drug-likeness (QED) is 0.387. The molecule has 0 spiro atoms. The maximum absolute atomic E-state index is 13.1. The Bertz CT molecular complexity index is 1100. The van der Waals surface area contributed by atoms with Gasteiger partial charge in [-0.3, -0.25) is 14.2 Å². The molecule has 0 aliphatic heterocycles. The molecule has 158 valence electrons. The minimum Gasteiger partial charge on any atom is -0.340 e. The molecule has 1 aromatic heterocycles. The molecular weight excluding hydrogens is 418 g/mol. The highest BCUT2D eigenvalue weighted by Gasteiger charge is 2.22. The van der Waals surface area contributed by atoms with Crippen molar-refractivity contribution in [1.29, 1.82) is 0 Å². The summed E-state index contributed by atoms with van der Waals surface area (Å²) in [6.07, 6.45) is 0. The van der Waals surface area contributed by atoms with Gasteiger partial charge in [0.2, 0.25) is 5.91 Å². The second-order valence-corrected chi connectivity index (χ2v) is 9.55. The highest BCUT2D eigenvalue weighted by atomic mass is 35.5. The Kier molecular flexibility index (Phi) is 7.21. The zero-order chi connectivity index (χ0) is 21.8. The molecule has 0 aliphatic carbocycles. The van der Waals surface area contributed by atoms with E-state index in [-0.39, 0.29) is 22.6 Å². The van der Waals surface area contributed by atoms with Gasteiger partial charge in [-0.15, -0.1) is 0 Å². The molecule has 2 aromatic carbocycles. The number of thioether (sulfide) groups is 1. The number of nitrogens with zero attached hydrogens (tertiary/aromatic N) is 3. The number of aromatic nitrogens is 2. The third-order valence-corrected chi connectivity index (χ3v) is 6.01. The van der Waals surface area contributed by atoms with Gasteiger partial charge in [-0.05, 0) is 36.6 Å². The Balaban J connectivity index is 1.88. The summed E-state index contributed by atoms with van der Waals surface area (Å²) in [5.41, 5.74) is 1.53. The summed E-state index contributed by atoms with van der Waals surface area (Å²) in [7, 11) is 1.80. The Labute approximate surface area is 186 Å². The van der Waals surface area contributed by atoms with E-state index in [4.69, 9.17) is 16.6 Å². The van der Waals surface area contributed by atoms with E-state index in [0.717, 1.165) is 5.56 Å². The normalized spacial score (nSPS) is 12.3. The Hall–Kier alpha value is -2.31. The topological polar surface area (TPSA) is 55.2 Å². The van der Waals surface area contributed by atoms with Gasteiger partial charge in [-0.1, -0.05) is 67.5 Å². The molecule has 5 nitrogen and oxygen atoms in total. The third-order valence-electron chi connectivity index (χ3n) is 4.70. The minimum atomic E-state index is -0.381. The molecule has 0 unspecified atom stereocenters. The lowest BCUT2D eigenvalue weighted by atomic mass is 10.2.